The highest BCUT2D eigenvalue weighted by molar-refractivity contribution is 8.00. The van der Waals surface area contributed by atoms with Gasteiger partial charge < -0.3 is 14.9 Å². The molecule has 1 heterocycles. The van der Waals surface area contributed by atoms with Crippen LogP contribution in [0.15, 0.2) is 77.8 Å². The molecular formula is C33H42Cl3N3O2S. The lowest BCUT2D eigenvalue weighted by Gasteiger charge is -2.21. The Hall–Kier alpha value is -2.64. The molecule has 1 aliphatic heterocycles. The number of benzene rings is 3. The molecule has 0 radical (unpaired) electrons. The standard InChI is InChI=1S/C14H13ClN2O.C12H14ClNOS.C4H7Cl.C3H8/c1-16-11-7-8-12(15)13(9-11)17-14(18)10-5-3-2-4-6-10;13-12-8-11(5-4-10(12)9-15)14-6-2-1-3-7-16-14;1-3-4(2)5;1-3-2/h2-9,16H,1H3,(H,17,18);4-5,8-9H,1-3,6-7H2;3H,1-2H3;3H2,1-2H3/b;;4-3+;. The van der Waals surface area contributed by atoms with Crippen molar-refractivity contribution in [2.45, 2.75) is 53.4 Å². The van der Waals surface area contributed by atoms with Gasteiger partial charge in [-0.15, -0.1) is 0 Å². The van der Waals surface area contributed by atoms with Crippen molar-refractivity contribution >= 4 is 76.0 Å². The predicted molar refractivity (Wildman–Crippen MR) is 187 cm³/mol. The third-order valence-corrected chi connectivity index (χ3v) is 7.64. The summed E-state index contributed by atoms with van der Waals surface area (Å²) in [5, 5.41) is 7.69. The van der Waals surface area contributed by atoms with Gasteiger partial charge in [0.15, 0.2) is 6.29 Å². The molecular weight excluding hydrogens is 609 g/mol. The fourth-order valence-electron chi connectivity index (χ4n) is 3.30. The molecule has 0 unspecified atom stereocenters. The second-order valence-corrected chi connectivity index (χ2v) is 11.7. The molecule has 0 atom stereocenters. The van der Waals surface area contributed by atoms with Gasteiger partial charge in [0.1, 0.15) is 0 Å². The highest BCUT2D eigenvalue weighted by atomic mass is 35.5. The Morgan fingerprint density at radius 2 is 1.64 bits per heavy atom. The fourth-order valence-corrected chi connectivity index (χ4v) is 4.76. The number of allylic oxidation sites excluding steroid dienone is 2. The summed E-state index contributed by atoms with van der Waals surface area (Å²) in [5.74, 6) is 0.985. The maximum absolute atomic E-state index is 12.0. The summed E-state index contributed by atoms with van der Waals surface area (Å²) in [6, 6.07) is 20.0. The van der Waals surface area contributed by atoms with E-state index < -0.39 is 0 Å². The molecule has 1 fully saturated rings. The number of amides is 1. The number of nitrogens with one attached hydrogen (secondary N) is 2. The average Bonchev–Trinajstić information content (AvgIpc) is 3.29. The van der Waals surface area contributed by atoms with E-state index in [0.29, 0.717) is 26.9 Å². The summed E-state index contributed by atoms with van der Waals surface area (Å²) in [6.07, 6.45) is 7.69. The van der Waals surface area contributed by atoms with Crippen LogP contribution >= 0.6 is 46.8 Å². The number of hydrogen-bond acceptors (Lipinski definition) is 5. The van der Waals surface area contributed by atoms with Gasteiger partial charge in [0.25, 0.3) is 5.91 Å². The van der Waals surface area contributed by atoms with Crippen molar-refractivity contribution in [2.75, 3.05) is 34.3 Å². The second-order valence-electron chi connectivity index (χ2n) is 9.17. The number of carbonyl (C=O) groups is 2. The molecule has 1 amide bonds. The lowest BCUT2D eigenvalue weighted by molar-refractivity contribution is 0.102. The Balaban J connectivity index is 0.000000337. The van der Waals surface area contributed by atoms with E-state index in [9.17, 15) is 9.59 Å². The number of rotatable bonds is 5. The van der Waals surface area contributed by atoms with Crippen molar-refractivity contribution in [1.82, 2.24) is 0 Å². The SMILES string of the molecule is C/C=C(\C)Cl.CCC.CNc1ccc(Cl)c(NC(=O)c2ccccc2)c1.O=Cc1ccc(N2CCCCCS2)cc1Cl. The minimum Gasteiger partial charge on any atom is -0.388 e. The summed E-state index contributed by atoms with van der Waals surface area (Å²) in [6.45, 7) is 9.06. The molecule has 0 aliphatic carbocycles. The molecule has 3 aromatic rings. The highest BCUT2D eigenvalue weighted by Gasteiger charge is 2.12. The van der Waals surface area contributed by atoms with Gasteiger partial charge in [-0.05, 0) is 87.2 Å². The van der Waals surface area contributed by atoms with Crippen molar-refractivity contribution in [1.29, 1.82) is 0 Å². The number of nitrogens with zero attached hydrogens (tertiary/aromatic N) is 1. The number of carbonyl (C=O) groups excluding carboxylic acids is 2. The van der Waals surface area contributed by atoms with Crippen LogP contribution in [0.25, 0.3) is 0 Å². The van der Waals surface area contributed by atoms with Gasteiger partial charge in [0.2, 0.25) is 0 Å². The molecule has 3 aromatic carbocycles. The first-order chi connectivity index (χ1) is 20.2. The van der Waals surface area contributed by atoms with Gasteiger partial charge in [-0.3, -0.25) is 9.59 Å². The molecule has 42 heavy (non-hydrogen) atoms. The second kappa shape index (κ2) is 22.0. The van der Waals surface area contributed by atoms with Crippen molar-refractivity contribution in [3.63, 3.8) is 0 Å². The van der Waals surface area contributed by atoms with Gasteiger partial charge in [0.05, 0.1) is 15.7 Å². The predicted octanol–water partition coefficient (Wildman–Crippen LogP) is 11.0. The quantitative estimate of drug-likeness (QED) is 0.212. The van der Waals surface area contributed by atoms with Crippen molar-refractivity contribution in [2.24, 2.45) is 0 Å². The minimum atomic E-state index is -0.175. The van der Waals surface area contributed by atoms with Crippen molar-refractivity contribution in [3.05, 3.63) is 99.0 Å². The number of aldehydes is 1. The summed E-state index contributed by atoms with van der Waals surface area (Å²) in [7, 11) is 1.81. The summed E-state index contributed by atoms with van der Waals surface area (Å²) in [5.41, 5.74) is 3.75. The third kappa shape index (κ3) is 14.5. The van der Waals surface area contributed by atoms with Crippen molar-refractivity contribution < 1.29 is 9.59 Å². The first kappa shape index (κ1) is 37.4. The van der Waals surface area contributed by atoms with Crippen LogP contribution in [0.3, 0.4) is 0 Å². The molecule has 228 valence electrons. The normalized spacial score (nSPS) is 12.6. The summed E-state index contributed by atoms with van der Waals surface area (Å²) in [4.78, 5) is 22.6. The topological polar surface area (TPSA) is 61.4 Å². The molecule has 0 aromatic heterocycles. The zero-order chi connectivity index (χ0) is 31.3. The monoisotopic (exact) mass is 649 g/mol. The number of halogens is 3. The van der Waals surface area contributed by atoms with Gasteiger partial charge >= 0.3 is 0 Å². The lowest BCUT2D eigenvalue weighted by Crippen LogP contribution is -2.14. The first-order valence-corrected chi connectivity index (χ1v) is 16.0. The summed E-state index contributed by atoms with van der Waals surface area (Å²) >= 11 is 19.2. The van der Waals surface area contributed by atoms with Crippen LogP contribution < -0.4 is 14.9 Å². The van der Waals surface area contributed by atoms with E-state index >= 15 is 0 Å². The number of hydrogen-bond donors (Lipinski definition) is 2. The van der Waals surface area contributed by atoms with Crippen molar-refractivity contribution in [3.8, 4) is 0 Å². The Bertz CT molecular complexity index is 1240. The average molecular weight is 651 g/mol. The van der Waals surface area contributed by atoms with E-state index in [4.69, 9.17) is 34.8 Å². The lowest BCUT2D eigenvalue weighted by atomic mass is 10.2. The van der Waals surface area contributed by atoms with Crippen LogP contribution in [-0.2, 0) is 0 Å². The smallest absolute Gasteiger partial charge is 0.255 e. The van der Waals surface area contributed by atoms with E-state index in [1.54, 1.807) is 30.3 Å². The van der Waals surface area contributed by atoms with E-state index in [1.165, 1.54) is 25.7 Å². The molecule has 1 aliphatic rings. The van der Waals surface area contributed by atoms with Gasteiger partial charge in [-0.2, -0.15) is 0 Å². The highest BCUT2D eigenvalue weighted by Crippen LogP contribution is 2.30. The molecule has 1 saturated heterocycles. The van der Waals surface area contributed by atoms with Gasteiger partial charge in [0, 0.05) is 46.9 Å². The van der Waals surface area contributed by atoms with Crippen LogP contribution in [0.2, 0.25) is 10.0 Å². The number of anilines is 3. The van der Waals surface area contributed by atoms with Crippen LogP contribution in [0.4, 0.5) is 17.1 Å². The van der Waals surface area contributed by atoms with Crippen LogP contribution in [0.5, 0.6) is 0 Å². The third-order valence-electron chi connectivity index (χ3n) is 5.59. The van der Waals surface area contributed by atoms with Crippen LogP contribution in [0, 0.1) is 0 Å². The Kier molecular flexibility index (Phi) is 19.6. The van der Waals surface area contributed by atoms with Gasteiger partial charge in [-0.25, -0.2) is 0 Å². The Labute approximate surface area is 271 Å². The molecule has 9 heteroatoms. The van der Waals surface area contributed by atoms with E-state index in [-0.39, 0.29) is 5.91 Å². The Morgan fingerprint density at radius 1 is 0.976 bits per heavy atom. The fraction of sp³-hybridized carbons (Fsp3) is 0.333. The first-order valence-electron chi connectivity index (χ1n) is 14.0. The minimum absolute atomic E-state index is 0.175. The van der Waals surface area contributed by atoms with E-state index in [2.05, 4.69) is 28.8 Å². The van der Waals surface area contributed by atoms with Crippen LogP contribution in [-0.4, -0.2) is 31.5 Å². The maximum Gasteiger partial charge on any atom is 0.255 e. The van der Waals surface area contributed by atoms with Crippen LogP contribution in [0.1, 0.15) is 74.1 Å². The maximum atomic E-state index is 12.0. The zero-order valence-corrected chi connectivity index (χ0v) is 28.1. The zero-order valence-electron chi connectivity index (χ0n) is 25.1. The molecule has 5 nitrogen and oxygen atoms in total. The largest absolute Gasteiger partial charge is 0.388 e. The van der Waals surface area contributed by atoms with E-state index in [1.807, 2.05) is 75.3 Å². The Morgan fingerprint density at radius 3 is 2.21 bits per heavy atom. The molecule has 4 rings (SSSR count). The van der Waals surface area contributed by atoms with Gasteiger partial charge in [-0.1, -0.05) is 85.8 Å². The molecule has 0 spiro atoms. The van der Waals surface area contributed by atoms with E-state index in [0.717, 1.165) is 35.0 Å². The molecule has 0 bridgehead atoms. The summed E-state index contributed by atoms with van der Waals surface area (Å²) < 4.78 is 2.27. The molecule has 0 saturated carbocycles. The molecule has 2 N–H and O–H groups in total.